The lowest BCUT2D eigenvalue weighted by atomic mass is 10.0. The Morgan fingerprint density at radius 1 is 1.41 bits per heavy atom. The molecule has 2 aromatic rings. The molecule has 1 aliphatic rings. The zero-order chi connectivity index (χ0) is 15.7. The number of hydrogen-bond donors (Lipinski definition) is 2. The molecule has 2 N–H and O–H groups in total. The van der Waals surface area contributed by atoms with E-state index < -0.39 is 6.10 Å². The van der Waals surface area contributed by atoms with Crippen molar-refractivity contribution in [1.29, 1.82) is 0 Å². The molecule has 1 aliphatic heterocycles. The number of aromatic nitrogens is 1. The molecule has 1 aromatic carbocycles. The van der Waals surface area contributed by atoms with Crippen LogP contribution in [0.15, 0.2) is 24.3 Å². The molecule has 22 heavy (non-hydrogen) atoms. The zero-order valence-electron chi connectivity index (χ0n) is 12.6. The van der Waals surface area contributed by atoms with Gasteiger partial charge in [-0.05, 0) is 30.5 Å². The zero-order valence-corrected chi connectivity index (χ0v) is 12.6. The van der Waals surface area contributed by atoms with Gasteiger partial charge in [-0.1, -0.05) is 18.2 Å². The molecule has 116 valence electrons. The highest BCUT2D eigenvalue weighted by molar-refractivity contribution is 5.89. The standard InChI is InChI=1S/C17H20N2O3/c1-11-7-13(10-20)15-4-2-3-12(17(15)18-11)8-16(22)19-6-5-14(21)9-19/h2-4,7,14,20-21H,5-6,8-10H2,1H3/t14-/m1/s1. The summed E-state index contributed by atoms with van der Waals surface area (Å²) in [6, 6.07) is 7.58. The Kier molecular flexibility index (Phi) is 4.09. The molecule has 2 heterocycles. The molecule has 5 nitrogen and oxygen atoms in total. The van der Waals surface area contributed by atoms with E-state index in [0.717, 1.165) is 27.7 Å². The maximum atomic E-state index is 12.4. The molecule has 0 bridgehead atoms. The number of amides is 1. The van der Waals surface area contributed by atoms with Crippen molar-refractivity contribution in [3.8, 4) is 0 Å². The van der Waals surface area contributed by atoms with Crippen LogP contribution in [0.25, 0.3) is 10.9 Å². The van der Waals surface area contributed by atoms with Crippen LogP contribution in [0.5, 0.6) is 0 Å². The summed E-state index contributed by atoms with van der Waals surface area (Å²) in [7, 11) is 0. The summed E-state index contributed by atoms with van der Waals surface area (Å²) in [6.45, 7) is 2.86. The molecular weight excluding hydrogens is 280 g/mol. The average Bonchev–Trinajstić information content (AvgIpc) is 2.94. The Morgan fingerprint density at radius 3 is 2.91 bits per heavy atom. The normalized spacial score (nSPS) is 18.1. The number of likely N-dealkylation sites (tertiary alicyclic amines) is 1. The van der Waals surface area contributed by atoms with E-state index in [0.29, 0.717) is 19.5 Å². The van der Waals surface area contributed by atoms with Crippen molar-refractivity contribution < 1.29 is 15.0 Å². The second kappa shape index (κ2) is 6.02. The van der Waals surface area contributed by atoms with Crippen LogP contribution in [0.4, 0.5) is 0 Å². The number of aliphatic hydroxyl groups is 2. The van der Waals surface area contributed by atoms with Gasteiger partial charge in [-0.15, -0.1) is 0 Å². The Balaban J connectivity index is 1.94. The van der Waals surface area contributed by atoms with Crippen LogP contribution in [-0.2, 0) is 17.8 Å². The average molecular weight is 300 g/mol. The van der Waals surface area contributed by atoms with E-state index in [4.69, 9.17) is 0 Å². The molecule has 0 radical (unpaired) electrons. The van der Waals surface area contributed by atoms with Crippen molar-refractivity contribution >= 4 is 16.8 Å². The molecule has 5 heteroatoms. The van der Waals surface area contributed by atoms with Crippen LogP contribution in [0.3, 0.4) is 0 Å². The molecule has 0 saturated carbocycles. The van der Waals surface area contributed by atoms with Gasteiger partial charge in [0, 0.05) is 24.2 Å². The Bertz CT molecular complexity index is 714. The van der Waals surface area contributed by atoms with Crippen LogP contribution < -0.4 is 0 Å². The van der Waals surface area contributed by atoms with Crippen LogP contribution in [0.2, 0.25) is 0 Å². The minimum atomic E-state index is -0.405. The van der Waals surface area contributed by atoms with E-state index in [-0.39, 0.29) is 18.9 Å². The molecule has 3 rings (SSSR count). The maximum Gasteiger partial charge on any atom is 0.227 e. The lowest BCUT2D eigenvalue weighted by Crippen LogP contribution is -2.30. The number of pyridine rings is 1. The van der Waals surface area contributed by atoms with Gasteiger partial charge in [0.1, 0.15) is 0 Å². The Hall–Kier alpha value is -1.98. The number of carbonyl (C=O) groups excluding carboxylic acids is 1. The number of rotatable bonds is 3. The van der Waals surface area contributed by atoms with E-state index in [1.807, 2.05) is 31.2 Å². The molecule has 1 amide bonds. The molecule has 1 saturated heterocycles. The quantitative estimate of drug-likeness (QED) is 0.892. The topological polar surface area (TPSA) is 73.7 Å². The predicted molar refractivity (Wildman–Crippen MR) is 83.3 cm³/mol. The van der Waals surface area contributed by atoms with Gasteiger partial charge >= 0.3 is 0 Å². The van der Waals surface area contributed by atoms with E-state index in [2.05, 4.69) is 4.98 Å². The van der Waals surface area contributed by atoms with Crippen molar-refractivity contribution in [1.82, 2.24) is 9.88 Å². The number of benzene rings is 1. The van der Waals surface area contributed by atoms with Gasteiger partial charge in [0.05, 0.1) is 24.6 Å². The molecule has 0 spiro atoms. The van der Waals surface area contributed by atoms with Gasteiger partial charge in [0.15, 0.2) is 0 Å². The number of carbonyl (C=O) groups is 1. The largest absolute Gasteiger partial charge is 0.392 e. The molecule has 0 aliphatic carbocycles. The number of aliphatic hydroxyl groups excluding tert-OH is 2. The summed E-state index contributed by atoms with van der Waals surface area (Å²) in [5, 5.41) is 19.9. The first-order valence-corrected chi connectivity index (χ1v) is 7.53. The van der Waals surface area contributed by atoms with Crippen molar-refractivity contribution in [2.75, 3.05) is 13.1 Å². The number of fused-ring (bicyclic) bond motifs is 1. The summed E-state index contributed by atoms with van der Waals surface area (Å²) in [6.07, 6.45) is 0.511. The van der Waals surface area contributed by atoms with Gasteiger partial charge < -0.3 is 15.1 Å². The molecule has 1 aromatic heterocycles. The fourth-order valence-corrected chi connectivity index (χ4v) is 3.04. The van der Waals surface area contributed by atoms with Crippen LogP contribution >= 0.6 is 0 Å². The first-order chi connectivity index (χ1) is 10.6. The van der Waals surface area contributed by atoms with E-state index >= 15 is 0 Å². The van der Waals surface area contributed by atoms with E-state index in [1.165, 1.54) is 0 Å². The third-order valence-electron chi connectivity index (χ3n) is 4.16. The van der Waals surface area contributed by atoms with Gasteiger partial charge in [-0.25, -0.2) is 0 Å². The van der Waals surface area contributed by atoms with Crippen LogP contribution in [0.1, 0.15) is 23.2 Å². The smallest absolute Gasteiger partial charge is 0.227 e. The summed E-state index contributed by atoms with van der Waals surface area (Å²) < 4.78 is 0. The van der Waals surface area contributed by atoms with Crippen molar-refractivity contribution in [2.24, 2.45) is 0 Å². The number of nitrogens with zero attached hydrogens (tertiary/aromatic N) is 2. The van der Waals surface area contributed by atoms with Crippen molar-refractivity contribution in [2.45, 2.75) is 32.5 Å². The lowest BCUT2D eigenvalue weighted by molar-refractivity contribution is -0.129. The maximum absolute atomic E-state index is 12.4. The fraction of sp³-hybridized carbons (Fsp3) is 0.412. The van der Waals surface area contributed by atoms with Gasteiger partial charge in [0.2, 0.25) is 5.91 Å². The van der Waals surface area contributed by atoms with Crippen LogP contribution in [-0.4, -0.2) is 45.2 Å². The Labute approximate surface area is 129 Å². The highest BCUT2D eigenvalue weighted by atomic mass is 16.3. The first-order valence-electron chi connectivity index (χ1n) is 7.53. The second-order valence-electron chi connectivity index (χ2n) is 5.85. The number of para-hydroxylation sites is 1. The van der Waals surface area contributed by atoms with Crippen molar-refractivity contribution in [3.63, 3.8) is 0 Å². The monoisotopic (exact) mass is 300 g/mol. The predicted octanol–water partition coefficient (Wildman–Crippen LogP) is 1.17. The highest BCUT2D eigenvalue weighted by Gasteiger charge is 2.25. The summed E-state index contributed by atoms with van der Waals surface area (Å²) >= 11 is 0. The molecule has 1 atom stereocenters. The Morgan fingerprint density at radius 2 is 2.23 bits per heavy atom. The van der Waals surface area contributed by atoms with E-state index in [1.54, 1.807) is 4.90 Å². The lowest BCUT2D eigenvalue weighted by Gasteiger charge is -2.16. The molecular formula is C17H20N2O3. The minimum absolute atomic E-state index is 0.0119. The third kappa shape index (κ3) is 2.82. The van der Waals surface area contributed by atoms with Crippen LogP contribution in [0, 0.1) is 6.92 Å². The van der Waals surface area contributed by atoms with Gasteiger partial charge in [0.25, 0.3) is 0 Å². The fourth-order valence-electron chi connectivity index (χ4n) is 3.04. The number of aryl methyl sites for hydroxylation is 1. The van der Waals surface area contributed by atoms with Crippen molar-refractivity contribution in [3.05, 3.63) is 41.1 Å². The highest BCUT2D eigenvalue weighted by Crippen LogP contribution is 2.23. The second-order valence-corrected chi connectivity index (χ2v) is 5.85. The SMILES string of the molecule is Cc1cc(CO)c2cccc(CC(=O)N3CC[C@@H](O)C3)c2n1. The molecule has 1 fully saturated rings. The number of β-amino-alcohol motifs (C(OH)–C–C–N with tert-alkyl or cyclic N) is 1. The summed E-state index contributed by atoms with van der Waals surface area (Å²) in [5.41, 5.74) is 3.29. The van der Waals surface area contributed by atoms with E-state index in [9.17, 15) is 15.0 Å². The minimum Gasteiger partial charge on any atom is -0.392 e. The number of hydrogen-bond acceptors (Lipinski definition) is 4. The van der Waals surface area contributed by atoms with Gasteiger partial charge in [-0.3, -0.25) is 9.78 Å². The summed E-state index contributed by atoms with van der Waals surface area (Å²) in [5.74, 6) is 0.0119. The third-order valence-corrected chi connectivity index (χ3v) is 4.16. The first kappa shape index (κ1) is 14.9. The van der Waals surface area contributed by atoms with Gasteiger partial charge in [-0.2, -0.15) is 0 Å². The molecule has 0 unspecified atom stereocenters. The summed E-state index contributed by atoms with van der Waals surface area (Å²) in [4.78, 5) is 18.6.